The Bertz CT molecular complexity index is 859. The monoisotopic (exact) mass is 444 g/mol. The fourth-order valence-corrected chi connectivity index (χ4v) is 3.04. The van der Waals surface area contributed by atoms with E-state index < -0.39 is 5.91 Å². The lowest BCUT2D eigenvalue weighted by Crippen LogP contribution is -2.48. The van der Waals surface area contributed by atoms with E-state index in [-0.39, 0.29) is 29.8 Å². The van der Waals surface area contributed by atoms with Crippen molar-refractivity contribution < 1.29 is 14.4 Å². The molecule has 0 aliphatic rings. The third kappa shape index (κ3) is 7.14. The quantitative estimate of drug-likeness (QED) is 0.419. The SMILES string of the molecule is O=C(CCC(=O)Nc1ccc(Cl)cc1Cl)NNC(=S)NC(=O)c1cccs1. The molecule has 0 atom stereocenters. The third-order valence-corrected chi connectivity index (χ3v) is 4.69. The van der Waals surface area contributed by atoms with E-state index in [0.29, 0.717) is 20.6 Å². The van der Waals surface area contributed by atoms with Gasteiger partial charge in [0, 0.05) is 17.9 Å². The molecule has 0 unspecified atom stereocenters. The Labute approximate surface area is 174 Å². The van der Waals surface area contributed by atoms with Gasteiger partial charge in [0.2, 0.25) is 11.8 Å². The number of nitrogens with one attached hydrogen (secondary N) is 4. The second-order valence-electron chi connectivity index (χ2n) is 5.11. The first kappa shape index (κ1) is 21.1. The Hall–Kier alpha value is -2.20. The number of hydrazine groups is 1. The first-order valence-corrected chi connectivity index (χ1v) is 9.58. The number of halogens is 2. The molecular formula is C16H14Cl2N4O3S2. The molecule has 0 radical (unpaired) electrons. The molecule has 4 N–H and O–H groups in total. The van der Waals surface area contributed by atoms with E-state index in [1.165, 1.54) is 17.4 Å². The predicted molar refractivity (Wildman–Crippen MR) is 110 cm³/mol. The van der Waals surface area contributed by atoms with Crippen LogP contribution in [0.15, 0.2) is 35.7 Å². The highest BCUT2D eigenvalue weighted by Gasteiger charge is 2.11. The van der Waals surface area contributed by atoms with E-state index in [2.05, 4.69) is 21.5 Å². The highest BCUT2D eigenvalue weighted by atomic mass is 35.5. The van der Waals surface area contributed by atoms with Crippen LogP contribution < -0.4 is 21.5 Å². The Morgan fingerprint density at radius 2 is 1.78 bits per heavy atom. The molecule has 0 saturated carbocycles. The number of rotatable bonds is 5. The van der Waals surface area contributed by atoms with E-state index in [9.17, 15) is 14.4 Å². The van der Waals surface area contributed by atoms with E-state index in [1.807, 2.05) is 0 Å². The normalized spacial score (nSPS) is 10.0. The van der Waals surface area contributed by atoms with Gasteiger partial charge in [-0.3, -0.25) is 30.6 Å². The van der Waals surface area contributed by atoms with E-state index in [4.69, 9.17) is 35.4 Å². The minimum absolute atomic E-state index is 0.0563. The number of carbonyl (C=O) groups excluding carboxylic acids is 3. The second kappa shape index (κ2) is 10.2. The molecule has 1 aromatic carbocycles. The Morgan fingerprint density at radius 1 is 1.04 bits per heavy atom. The van der Waals surface area contributed by atoms with Crippen LogP contribution in [0.3, 0.4) is 0 Å². The minimum atomic E-state index is -0.472. The van der Waals surface area contributed by atoms with Gasteiger partial charge in [0.1, 0.15) is 0 Å². The maximum Gasteiger partial charge on any atom is 0.267 e. The molecular weight excluding hydrogens is 431 g/mol. The number of hydrogen-bond acceptors (Lipinski definition) is 5. The van der Waals surface area contributed by atoms with Gasteiger partial charge in [0.25, 0.3) is 5.91 Å². The number of anilines is 1. The van der Waals surface area contributed by atoms with Gasteiger partial charge in [0.15, 0.2) is 5.11 Å². The summed E-state index contributed by atoms with van der Waals surface area (Å²) in [6.45, 7) is 0. The van der Waals surface area contributed by atoms with Gasteiger partial charge in [-0.15, -0.1) is 11.3 Å². The van der Waals surface area contributed by atoms with E-state index in [0.717, 1.165) is 0 Å². The zero-order valence-corrected chi connectivity index (χ0v) is 16.8. The maximum atomic E-state index is 11.9. The van der Waals surface area contributed by atoms with Crippen molar-refractivity contribution in [3.63, 3.8) is 0 Å². The van der Waals surface area contributed by atoms with Gasteiger partial charge < -0.3 is 5.32 Å². The van der Waals surface area contributed by atoms with Crippen molar-refractivity contribution in [2.45, 2.75) is 12.8 Å². The van der Waals surface area contributed by atoms with E-state index in [1.54, 1.807) is 29.6 Å². The van der Waals surface area contributed by atoms with Gasteiger partial charge >= 0.3 is 0 Å². The average Bonchev–Trinajstić information content (AvgIpc) is 3.15. The molecule has 27 heavy (non-hydrogen) atoms. The van der Waals surface area contributed by atoms with E-state index >= 15 is 0 Å². The van der Waals surface area contributed by atoms with Crippen LogP contribution >= 0.6 is 46.8 Å². The fraction of sp³-hybridized carbons (Fsp3) is 0.125. The van der Waals surface area contributed by atoms with Crippen molar-refractivity contribution in [2.75, 3.05) is 5.32 Å². The van der Waals surface area contributed by atoms with Crippen molar-refractivity contribution in [1.82, 2.24) is 16.2 Å². The summed E-state index contributed by atoms with van der Waals surface area (Å²) in [5.41, 5.74) is 5.11. The van der Waals surface area contributed by atoms with Gasteiger partial charge in [-0.25, -0.2) is 0 Å². The molecule has 0 aliphatic heterocycles. The number of thiocarbonyl (C=S) groups is 1. The van der Waals surface area contributed by atoms with Crippen molar-refractivity contribution in [3.05, 3.63) is 50.6 Å². The molecule has 0 spiro atoms. The summed E-state index contributed by atoms with van der Waals surface area (Å²) < 4.78 is 0. The standard InChI is InChI=1S/C16H14Cl2N4O3S2/c17-9-3-4-11(10(18)8-9)19-13(23)5-6-14(24)21-22-16(26)20-15(25)12-2-1-7-27-12/h1-4,7-8H,5-6H2,(H,19,23)(H,21,24)(H2,20,22,25,26). The molecule has 11 heteroatoms. The summed E-state index contributed by atoms with van der Waals surface area (Å²) in [5, 5.41) is 7.46. The second-order valence-corrected chi connectivity index (χ2v) is 7.31. The van der Waals surface area contributed by atoms with Crippen LogP contribution in [0.5, 0.6) is 0 Å². The molecule has 0 aliphatic carbocycles. The van der Waals surface area contributed by atoms with Crippen molar-refractivity contribution >= 4 is 75.3 Å². The lowest BCUT2D eigenvalue weighted by molar-refractivity contribution is -0.124. The Morgan fingerprint density at radius 3 is 2.44 bits per heavy atom. The highest BCUT2D eigenvalue weighted by molar-refractivity contribution is 7.80. The largest absolute Gasteiger partial charge is 0.325 e. The van der Waals surface area contributed by atoms with Gasteiger partial charge in [-0.2, -0.15) is 0 Å². The molecule has 2 aromatic rings. The van der Waals surface area contributed by atoms with Crippen LogP contribution in [-0.4, -0.2) is 22.8 Å². The van der Waals surface area contributed by atoms with Crippen molar-refractivity contribution in [3.8, 4) is 0 Å². The smallest absolute Gasteiger partial charge is 0.267 e. The van der Waals surface area contributed by atoms with Crippen molar-refractivity contribution in [1.29, 1.82) is 0 Å². The Balaban J connectivity index is 1.68. The Kier molecular flexibility index (Phi) is 7.99. The number of carbonyl (C=O) groups is 3. The van der Waals surface area contributed by atoms with Gasteiger partial charge in [-0.05, 0) is 41.9 Å². The van der Waals surface area contributed by atoms with Crippen LogP contribution in [0.25, 0.3) is 0 Å². The van der Waals surface area contributed by atoms with Gasteiger partial charge in [-0.1, -0.05) is 29.3 Å². The number of thiophene rings is 1. The molecule has 1 heterocycles. The molecule has 3 amide bonds. The summed E-state index contributed by atoms with van der Waals surface area (Å²) in [6.07, 6.45) is -0.160. The summed E-state index contributed by atoms with van der Waals surface area (Å²) in [5.74, 6) is -1.24. The van der Waals surface area contributed by atoms with Crippen LogP contribution in [0.2, 0.25) is 10.0 Å². The van der Waals surface area contributed by atoms with Crippen LogP contribution in [0.4, 0.5) is 5.69 Å². The van der Waals surface area contributed by atoms with Crippen molar-refractivity contribution in [2.24, 2.45) is 0 Å². The maximum absolute atomic E-state index is 11.9. The molecule has 0 saturated heterocycles. The zero-order chi connectivity index (χ0) is 19.8. The molecule has 0 fully saturated rings. The first-order valence-electron chi connectivity index (χ1n) is 7.53. The minimum Gasteiger partial charge on any atom is -0.325 e. The summed E-state index contributed by atoms with van der Waals surface area (Å²) in [4.78, 5) is 35.9. The van der Waals surface area contributed by atoms with Gasteiger partial charge in [0.05, 0.1) is 15.6 Å². The molecule has 0 bridgehead atoms. The molecule has 1 aromatic heterocycles. The number of hydrogen-bond donors (Lipinski definition) is 4. The predicted octanol–water partition coefficient (Wildman–Crippen LogP) is 3.11. The molecule has 7 nitrogen and oxygen atoms in total. The summed E-state index contributed by atoms with van der Waals surface area (Å²) >= 11 is 17.9. The average molecular weight is 445 g/mol. The lowest BCUT2D eigenvalue weighted by Gasteiger charge is -2.10. The lowest BCUT2D eigenvalue weighted by atomic mass is 10.2. The number of amides is 3. The summed E-state index contributed by atoms with van der Waals surface area (Å²) in [7, 11) is 0. The number of benzene rings is 1. The molecule has 2 rings (SSSR count). The third-order valence-electron chi connectivity index (χ3n) is 3.07. The zero-order valence-electron chi connectivity index (χ0n) is 13.7. The van der Waals surface area contributed by atoms with Crippen LogP contribution in [0, 0.1) is 0 Å². The van der Waals surface area contributed by atoms with Crippen LogP contribution in [0.1, 0.15) is 22.5 Å². The molecule has 142 valence electrons. The topological polar surface area (TPSA) is 99.3 Å². The first-order chi connectivity index (χ1) is 12.8. The highest BCUT2D eigenvalue weighted by Crippen LogP contribution is 2.25. The fourth-order valence-electron chi connectivity index (χ4n) is 1.82. The summed E-state index contributed by atoms with van der Waals surface area (Å²) in [6, 6.07) is 8.04. The van der Waals surface area contributed by atoms with Crippen LogP contribution in [-0.2, 0) is 9.59 Å².